The highest BCUT2D eigenvalue weighted by molar-refractivity contribution is 6.60. The van der Waals surface area contributed by atoms with Crippen LogP contribution in [0.1, 0.15) is 5.56 Å². The maximum atomic E-state index is 11.1. The topological polar surface area (TPSA) is 114 Å². The van der Waals surface area contributed by atoms with E-state index in [4.69, 9.17) is 20.1 Å². The summed E-state index contributed by atoms with van der Waals surface area (Å²) >= 11 is 0. The Morgan fingerprint density at radius 1 is 1.21 bits per heavy atom. The van der Waals surface area contributed by atoms with Gasteiger partial charge in [-0.2, -0.15) is 0 Å². The third-order valence-electron chi connectivity index (χ3n) is 1.84. The fraction of sp³-hybridized carbons (Fsp3) is 0.167. The first kappa shape index (κ1) is 11.0. The van der Waals surface area contributed by atoms with Crippen LogP contribution in [0, 0.1) is 6.92 Å². The number of pyridine rings is 1. The fourth-order valence-corrected chi connectivity index (χ4v) is 1.13. The Bertz CT molecular complexity index is 388. The Labute approximate surface area is 80.1 Å². The molecule has 0 aliphatic rings. The maximum absolute atomic E-state index is 11.1. The lowest BCUT2D eigenvalue weighted by Crippen LogP contribution is -2.49. The predicted molar refractivity (Wildman–Crippen MR) is 51.5 cm³/mol. The first-order valence-corrected chi connectivity index (χ1v) is 3.89. The third-order valence-corrected chi connectivity index (χ3v) is 1.84. The van der Waals surface area contributed by atoms with Crippen LogP contribution in [0.3, 0.4) is 0 Å². The molecular formula is C6H9B2NO5. The highest BCUT2D eigenvalue weighted by Crippen LogP contribution is 1.86. The number of nitrogens with one attached hydrogen (secondary N) is 1. The van der Waals surface area contributed by atoms with Crippen LogP contribution in [-0.4, -0.2) is 39.3 Å². The Balaban J connectivity index is 3.32. The molecule has 1 heterocycles. The minimum absolute atomic E-state index is 0.0561. The minimum atomic E-state index is -1.87. The van der Waals surface area contributed by atoms with Gasteiger partial charge in [0.1, 0.15) is 0 Å². The van der Waals surface area contributed by atoms with Gasteiger partial charge >= 0.3 is 14.2 Å². The summed E-state index contributed by atoms with van der Waals surface area (Å²) in [7, 11) is -3.66. The quantitative estimate of drug-likeness (QED) is 0.310. The second kappa shape index (κ2) is 3.97. The molecule has 0 unspecified atom stereocenters. The van der Waals surface area contributed by atoms with Crippen molar-refractivity contribution in [2.24, 2.45) is 0 Å². The normalized spacial score (nSPS) is 10.1. The van der Waals surface area contributed by atoms with E-state index in [1.54, 1.807) is 0 Å². The largest absolute Gasteiger partial charge is 0.506 e. The summed E-state index contributed by atoms with van der Waals surface area (Å²) in [5, 5.41) is 35.2. The molecule has 1 aromatic heterocycles. The zero-order chi connectivity index (χ0) is 10.9. The summed E-state index contributed by atoms with van der Waals surface area (Å²) in [5.74, 6) is 0. The van der Waals surface area contributed by atoms with E-state index in [9.17, 15) is 4.79 Å². The molecule has 0 amide bonds. The van der Waals surface area contributed by atoms with Gasteiger partial charge in [-0.05, 0) is 12.5 Å². The SMILES string of the molecule is Cc1cc(B(O)O)c(=O)[nH]c1B(O)O. The molecule has 0 spiro atoms. The smallest absolute Gasteiger partial charge is 0.423 e. The molecule has 0 radical (unpaired) electrons. The van der Waals surface area contributed by atoms with Crippen molar-refractivity contribution in [1.82, 2.24) is 4.98 Å². The number of hydrogen-bond donors (Lipinski definition) is 5. The Kier molecular flexibility index (Phi) is 3.12. The van der Waals surface area contributed by atoms with Crippen molar-refractivity contribution in [3.8, 4) is 0 Å². The van der Waals surface area contributed by atoms with Gasteiger partial charge in [0.15, 0.2) is 0 Å². The van der Waals surface area contributed by atoms with Crippen LogP contribution < -0.4 is 16.6 Å². The van der Waals surface area contributed by atoms with Crippen LogP contribution in [0.25, 0.3) is 0 Å². The molecule has 0 fully saturated rings. The lowest BCUT2D eigenvalue weighted by molar-refractivity contribution is 0.421. The van der Waals surface area contributed by atoms with E-state index in [-0.39, 0.29) is 11.1 Å². The lowest BCUT2D eigenvalue weighted by Gasteiger charge is -2.06. The first-order chi connectivity index (χ1) is 6.43. The van der Waals surface area contributed by atoms with Crippen LogP contribution in [0.15, 0.2) is 10.9 Å². The van der Waals surface area contributed by atoms with Crippen molar-refractivity contribution in [2.75, 3.05) is 0 Å². The molecule has 0 saturated heterocycles. The van der Waals surface area contributed by atoms with E-state index >= 15 is 0 Å². The second-order valence-corrected chi connectivity index (χ2v) is 2.90. The van der Waals surface area contributed by atoms with Gasteiger partial charge in [-0.25, -0.2) is 0 Å². The van der Waals surface area contributed by atoms with Crippen molar-refractivity contribution in [3.63, 3.8) is 0 Å². The number of rotatable bonds is 2. The number of hydrogen-bond acceptors (Lipinski definition) is 5. The van der Waals surface area contributed by atoms with E-state index in [0.29, 0.717) is 5.56 Å². The highest BCUT2D eigenvalue weighted by Gasteiger charge is 2.21. The van der Waals surface area contributed by atoms with Crippen molar-refractivity contribution < 1.29 is 20.1 Å². The molecule has 0 aliphatic carbocycles. The van der Waals surface area contributed by atoms with Crippen molar-refractivity contribution in [3.05, 3.63) is 22.0 Å². The van der Waals surface area contributed by atoms with E-state index in [0.717, 1.165) is 0 Å². The molecule has 6 nitrogen and oxygen atoms in total. The zero-order valence-electron chi connectivity index (χ0n) is 7.43. The number of aromatic amines is 1. The molecule has 0 aliphatic heterocycles. The van der Waals surface area contributed by atoms with Gasteiger partial charge in [-0.15, -0.1) is 0 Å². The number of aromatic nitrogens is 1. The van der Waals surface area contributed by atoms with E-state index in [1.165, 1.54) is 13.0 Å². The summed E-state index contributed by atoms with van der Waals surface area (Å²) in [6, 6.07) is 1.19. The van der Waals surface area contributed by atoms with Gasteiger partial charge in [0.2, 0.25) is 5.56 Å². The molecule has 1 aromatic rings. The van der Waals surface area contributed by atoms with Crippen molar-refractivity contribution >= 4 is 25.3 Å². The van der Waals surface area contributed by atoms with Crippen molar-refractivity contribution in [1.29, 1.82) is 0 Å². The van der Waals surface area contributed by atoms with E-state index < -0.39 is 19.8 Å². The minimum Gasteiger partial charge on any atom is -0.423 e. The average Bonchev–Trinajstić information content (AvgIpc) is 2.07. The Morgan fingerprint density at radius 2 is 1.79 bits per heavy atom. The Morgan fingerprint density at radius 3 is 2.21 bits per heavy atom. The second-order valence-electron chi connectivity index (χ2n) is 2.90. The number of H-pyrrole nitrogens is 1. The first-order valence-electron chi connectivity index (χ1n) is 3.89. The zero-order valence-corrected chi connectivity index (χ0v) is 7.43. The highest BCUT2D eigenvalue weighted by atomic mass is 16.4. The van der Waals surface area contributed by atoms with Gasteiger partial charge in [-0.3, -0.25) is 4.79 Å². The molecule has 14 heavy (non-hydrogen) atoms. The average molecular weight is 197 g/mol. The van der Waals surface area contributed by atoms with Crippen LogP contribution in [0.2, 0.25) is 0 Å². The lowest BCUT2D eigenvalue weighted by atomic mass is 9.76. The monoisotopic (exact) mass is 197 g/mol. The van der Waals surface area contributed by atoms with Gasteiger partial charge in [0.05, 0.1) is 5.59 Å². The van der Waals surface area contributed by atoms with Crippen LogP contribution in [-0.2, 0) is 0 Å². The third kappa shape index (κ3) is 2.05. The van der Waals surface area contributed by atoms with Crippen LogP contribution in [0.5, 0.6) is 0 Å². The molecule has 0 bridgehead atoms. The summed E-state index contributed by atoms with van der Waals surface area (Å²) in [6.07, 6.45) is 0. The summed E-state index contributed by atoms with van der Waals surface area (Å²) < 4.78 is 0. The van der Waals surface area contributed by atoms with Crippen LogP contribution >= 0.6 is 0 Å². The molecular weight excluding hydrogens is 188 g/mol. The van der Waals surface area contributed by atoms with Gasteiger partial charge < -0.3 is 25.1 Å². The summed E-state index contributed by atoms with van der Waals surface area (Å²) in [4.78, 5) is 13.3. The maximum Gasteiger partial charge on any atom is 0.506 e. The molecule has 0 saturated carbocycles. The predicted octanol–water partition coefficient (Wildman–Crippen LogP) is -3.96. The molecule has 8 heteroatoms. The molecule has 0 atom stereocenters. The molecule has 1 rings (SSSR count). The van der Waals surface area contributed by atoms with Crippen molar-refractivity contribution in [2.45, 2.75) is 6.92 Å². The fourth-order valence-electron chi connectivity index (χ4n) is 1.13. The standard InChI is InChI=1S/C6H9B2NO5/c1-3-2-4(7(11)12)6(10)9-5(3)8(13)14/h2,11-14H,1H3,(H,9,10). The molecule has 0 aromatic carbocycles. The van der Waals surface area contributed by atoms with E-state index in [2.05, 4.69) is 4.98 Å². The summed E-state index contributed by atoms with van der Waals surface area (Å²) in [6.45, 7) is 1.51. The summed E-state index contributed by atoms with van der Waals surface area (Å²) in [5.41, 5.74) is -0.678. The van der Waals surface area contributed by atoms with E-state index in [1.807, 2.05) is 0 Å². The Hall–Kier alpha value is -1.08. The van der Waals surface area contributed by atoms with Gasteiger partial charge in [0.25, 0.3) is 0 Å². The van der Waals surface area contributed by atoms with Crippen LogP contribution in [0.4, 0.5) is 0 Å². The van der Waals surface area contributed by atoms with Gasteiger partial charge in [0, 0.05) is 5.46 Å². The molecule has 74 valence electrons. The molecule has 5 N–H and O–H groups in total. The van der Waals surface area contributed by atoms with Gasteiger partial charge in [-0.1, -0.05) is 6.07 Å². The number of aryl methyl sites for hydroxylation is 1.